The number of H-pyrrole nitrogens is 1. The average Bonchev–Trinajstić information content (AvgIpc) is 3.06. The van der Waals surface area contributed by atoms with Gasteiger partial charge in [-0.25, -0.2) is 9.78 Å². The highest BCUT2D eigenvalue weighted by molar-refractivity contribution is 5.66. The van der Waals surface area contributed by atoms with Crippen LogP contribution < -0.4 is 5.32 Å². The molecule has 1 saturated carbocycles. The summed E-state index contributed by atoms with van der Waals surface area (Å²) in [7, 11) is 0. The lowest BCUT2D eigenvalue weighted by Gasteiger charge is -2.21. The highest BCUT2D eigenvalue weighted by Crippen LogP contribution is 2.39. The largest absolute Gasteiger partial charge is 0.465 e. The summed E-state index contributed by atoms with van der Waals surface area (Å²) in [6.07, 6.45) is 4.90. The Hall–Kier alpha value is -3.10. The minimum atomic E-state index is -0.928. The molecule has 0 aromatic carbocycles. The van der Waals surface area contributed by atoms with Crippen LogP contribution in [0.25, 0.3) is 5.65 Å². The molecule has 9 nitrogen and oxygen atoms in total. The molecule has 1 aliphatic heterocycles. The van der Waals surface area contributed by atoms with Gasteiger partial charge in [-0.2, -0.15) is 10.1 Å². The summed E-state index contributed by atoms with van der Waals surface area (Å²) in [5.74, 6) is 2.40. The molecule has 2 fully saturated rings. The fourth-order valence-corrected chi connectivity index (χ4v) is 3.57. The molecule has 1 amide bonds. The first-order chi connectivity index (χ1) is 12.7. The first-order valence-electron chi connectivity index (χ1n) is 8.86. The third-order valence-electron chi connectivity index (χ3n) is 5.06. The maximum absolute atomic E-state index is 11.5. The number of aromatic nitrogens is 5. The minimum Gasteiger partial charge on any atom is -0.465 e. The lowest BCUT2D eigenvalue weighted by molar-refractivity contribution is 0.138. The Morgan fingerprint density at radius 3 is 3.00 bits per heavy atom. The van der Waals surface area contributed by atoms with E-state index in [9.17, 15) is 9.90 Å². The molecule has 0 radical (unpaired) electrons. The zero-order valence-electron chi connectivity index (χ0n) is 14.1. The van der Waals surface area contributed by atoms with Crippen LogP contribution in [0.15, 0.2) is 24.4 Å². The maximum atomic E-state index is 11.5. The molecule has 3 aromatic rings. The third kappa shape index (κ3) is 2.56. The van der Waals surface area contributed by atoms with Gasteiger partial charge in [-0.05, 0) is 37.8 Å². The molecule has 1 atom stereocenters. The molecule has 0 bridgehead atoms. The molecule has 9 heteroatoms. The van der Waals surface area contributed by atoms with E-state index < -0.39 is 6.09 Å². The molecule has 5 rings (SSSR count). The number of anilines is 2. The van der Waals surface area contributed by atoms with E-state index in [2.05, 4.69) is 25.5 Å². The molecule has 2 aliphatic rings. The standard InChI is InChI=1S/C17H19N7O2/c25-17(26)23-7-1-3-12(23)15-19-14-4-2-8-24(14)16(20-15)18-13-9-11(21-22-13)10-5-6-10/h2,4,8-10,12H,1,3,5-7H2,(H,25,26)(H2,18,19,20,21,22). The minimum absolute atomic E-state index is 0.311. The second-order valence-electron chi connectivity index (χ2n) is 6.88. The number of hydrogen-bond donors (Lipinski definition) is 3. The van der Waals surface area contributed by atoms with Crippen LogP contribution in [0.4, 0.5) is 16.6 Å². The predicted molar refractivity (Wildman–Crippen MR) is 93.5 cm³/mol. The number of fused-ring (bicyclic) bond motifs is 1. The number of carboxylic acid groups (broad SMARTS) is 1. The summed E-state index contributed by atoms with van der Waals surface area (Å²) in [4.78, 5) is 22.1. The highest BCUT2D eigenvalue weighted by Gasteiger charge is 2.32. The summed E-state index contributed by atoms with van der Waals surface area (Å²) in [6.45, 7) is 0.516. The zero-order chi connectivity index (χ0) is 17.7. The van der Waals surface area contributed by atoms with Crippen LogP contribution in [0.1, 0.15) is 49.2 Å². The Balaban J connectivity index is 1.51. The first kappa shape index (κ1) is 15.2. The van der Waals surface area contributed by atoms with Crippen molar-refractivity contribution < 1.29 is 9.90 Å². The molecule has 3 N–H and O–H groups in total. The van der Waals surface area contributed by atoms with Crippen LogP contribution in [-0.2, 0) is 0 Å². The van der Waals surface area contributed by atoms with Crippen molar-refractivity contribution in [1.82, 2.24) is 29.5 Å². The Kier molecular flexibility index (Phi) is 3.34. The summed E-state index contributed by atoms with van der Waals surface area (Å²) in [5.41, 5.74) is 1.87. The van der Waals surface area contributed by atoms with E-state index >= 15 is 0 Å². The van der Waals surface area contributed by atoms with Gasteiger partial charge in [-0.3, -0.25) is 14.4 Å². The highest BCUT2D eigenvalue weighted by atomic mass is 16.4. The summed E-state index contributed by atoms with van der Waals surface area (Å²) >= 11 is 0. The second kappa shape index (κ2) is 5.72. The third-order valence-corrected chi connectivity index (χ3v) is 5.06. The lowest BCUT2D eigenvalue weighted by Crippen LogP contribution is -2.30. The Morgan fingerprint density at radius 1 is 1.31 bits per heavy atom. The van der Waals surface area contributed by atoms with Gasteiger partial charge in [0.05, 0.1) is 6.04 Å². The van der Waals surface area contributed by atoms with Crippen molar-refractivity contribution in [3.63, 3.8) is 0 Å². The Morgan fingerprint density at radius 2 is 2.19 bits per heavy atom. The van der Waals surface area contributed by atoms with E-state index in [1.54, 1.807) is 0 Å². The van der Waals surface area contributed by atoms with Gasteiger partial charge >= 0.3 is 6.09 Å². The van der Waals surface area contributed by atoms with Crippen LogP contribution in [0.5, 0.6) is 0 Å². The van der Waals surface area contributed by atoms with Gasteiger partial charge in [0.25, 0.3) is 0 Å². The van der Waals surface area contributed by atoms with Gasteiger partial charge < -0.3 is 10.4 Å². The van der Waals surface area contributed by atoms with Gasteiger partial charge in [-0.1, -0.05) is 0 Å². The fourth-order valence-electron chi connectivity index (χ4n) is 3.57. The van der Waals surface area contributed by atoms with E-state index in [1.807, 2.05) is 28.8 Å². The van der Waals surface area contributed by atoms with Crippen LogP contribution in [0, 0.1) is 0 Å². The van der Waals surface area contributed by atoms with E-state index in [4.69, 9.17) is 0 Å². The number of carbonyl (C=O) groups is 1. The predicted octanol–water partition coefficient (Wildman–Crippen LogP) is 2.89. The normalized spacial score (nSPS) is 20.0. The van der Waals surface area contributed by atoms with Crippen molar-refractivity contribution in [2.75, 3.05) is 11.9 Å². The topological polar surface area (TPSA) is 111 Å². The zero-order valence-corrected chi connectivity index (χ0v) is 14.1. The molecule has 3 aromatic heterocycles. The van der Waals surface area contributed by atoms with E-state index in [0.717, 1.165) is 24.2 Å². The van der Waals surface area contributed by atoms with Gasteiger partial charge in [0.15, 0.2) is 11.6 Å². The second-order valence-corrected chi connectivity index (χ2v) is 6.88. The molecule has 0 spiro atoms. The number of rotatable bonds is 4. The molecule has 4 heterocycles. The van der Waals surface area contributed by atoms with Crippen molar-refractivity contribution in [2.24, 2.45) is 0 Å². The monoisotopic (exact) mass is 353 g/mol. The number of aromatic amines is 1. The fraction of sp³-hybridized carbons (Fsp3) is 0.412. The average molecular weight is 353 g/mol. The van der Waals surface area contributed by atoms with Crippen LogP contribution in [0.3, 0.4) is 0 Å². The summed E-state index contributed by atoms with van der Waals surface area (Å²) < 4.78 is 1.84. The maximum Gasteiger partial charge on any atom is 0.407 e. The summed E-state index contributed by atoms with van der Waals surface area (Å²) in [6, 6.07) is 5.47. The van der Waals surface area contributed by atoms with Crippen molar-refractivity contribution in [3.8, 4) is 0 Å². The number of amides is 1. The van der Waals surface area contributed by atoms with E-state index in [0.29, 0.717) is 30.1 Å². The van der Waals surface area contributed by atoms with Crippen molar-refractivity contribution >= 4 is 23.5 Å². The van der Waals surface area contributed by atoms with E-state index in [1.165, 1.54) is 17.7 Å². The smallest absolute Gasteiger partial charge is 0.407 e. The first-order valence-corrected chi connectivity index (χ1v) is 8.86. The summed E-state index contributed by atoms with van der Waals surface area (Å²) in [5, 5.41) is 20.1. The molecule has 26 heavy (non-hydrogen) atoms. The van der Waals surface area contributed by atoms with Crippen LogP contribution in [0.2, 0.25) is 0 Å². The number of likely N-dealkylation sites (tertiary alicyclic amines) is 1. The van der Waals surface area contributed by atoms with Crippen LogP contribution in [-0.4, -0.2) is 47.2 Å². The van der Waals surface area contributed by atoms with Crippen LogP contribution >= 0.6 is 0 Å². The number of nitrogens with zero attached hydrogens (tertiary/aromatic N) is 5. The molecule has 134 valence electrons. The van der Waals surface area contributed by atoms with Gasteiger partial charge in [0.2, 0.25) is 5.95 Å². The SMILES string of the molecule is O=C(O)N1CCCC1c1nc(Nc2cc(C3CC3)[nH]n2)n2cccc2n1. The van der Waals surface area contributed by atoms with E-state index in [-0.39, 0.29) is 6.04 Å². The molecule has 1 aliphatic carbocycles. The molecule has 1 saturated heterocycles. The van der Waals surface area contributed by atoms with Crippen molar-refractivity contribution in [3.05, 3.63) is 35.9 Å². The number of nitrogens with one attached hydrogen (secondary N) is 2. The van der Waals surface area contributed by atoms with Gasteiger partial charge in [0.1, 0.15) is 5.65 Å². The Labute approximate surface area is 149 Å². The lowest BCUT2D eigenvalue weighted by atomic mass is 10.2. The molecular formula is C17H19N7O2. The molecular weight excluding hydrogens is 334 g/mol. The molecule has 1 unspecified atom stereocenters. The quantitative estimate of drug-likeness (QED) is 0.665. The van der Waals surface area contributed by atoms with Crippen molar-refractivity contribution in [1.29, 1.82) is 0 Å². The Bertz CT molecular complexity index is 975. The van der Waals surface area contributed by atoms with Gasteiger partial charge in [0, 0.05) is 30.4 Å². The van der Waals surface area contributed by atoms with Crippen molar-refractivity contribution in [2.45, 2.75) is 37.6 Å². The van der Waals surface area contributed by atoms with Gasteiger partial charge in [-0.15, -0.1) is 0 Å². The number of hydrogen-bond acceptors (Lipinski definition) is 5.